The maximum Gasteiger partial charge on any atom is 0.150 e. The van der Waals surface area contributed by atoms with Gasteiger partial charge in [0.1, 0.15) is 22.9 Å². The lowest BCUT2D eigenvalue weighted by Gasteiger charge is -2.12. The molecule has 0 fully saturated rings. The first-order valence-electron chi connectivity index (χ1n) is 18.3. The van der Waals surface area contributed by atoms with Crippen LogP contribution in [0.3, 0.4) is 0 Å². The second-order valence-corrected chi connectivity index (χ2v) is 13.0. The molecule has 6 nitrogen and oxygen atoms in total. The van der Waals surface area contributed by atoms with Crippen LogP contribution in [-0.4, -0.2) is 13.2 Å². The largest absolute Gasteiger partial charge is 0.491 e. The van der Waals surface area contributed by atoms with Gasteiger partial charge in [0.15, 0.2) is 0 Å². The number of hydrogen-bond acceptors (Lipinski definition) is 6. The molecule has 0 N–H and O–H groups in total. The third kappa shape index (κ3) is 8.35. The molecule has 7 aromatic rings. The fourth-order valence-corrected chi connectivity index (χ4v) is 6.37. The van der Waals surface area contributed by atoms with Gasteiger partial charge < -0.3 is 9.47 Å². The van der Waals surface area contributed by atoms with Gasteiger partial charge in [0, 0.05) is 10.8 Å². The summed E-state index contributed by atoms with van der Waals surface area (Å²) in [7, 11) is 0. The zero-order valence-corrected chi connectivity index (χ0v) is 31.0. The van der Waals surface area contributed by atoms with E-state index in [9.17, 15) is 0 Å². The van der Waals surface area contributed by atoms with Crippen molar-refractivity contribution in [3.05, 3.63) is 167 Å². The van der Waals surface area contributed by atoms with Crippen LogP contribution in [0.4, 0.5) is 22.7 Å². The average molecular weight is 707 g/mol. The van der Waals surface area contributed by atoms with Crippen LogP contribution in [0.1, 0.15) is 47.2 Å². The van der Waals surface area contributed by atoms with Gasteiger partial charge in [-0.15, -0.1) is 10.2 Å². The van der Waals surface area contributed by atoms with E-state index >= 15 is 0 Å². The zero-order valence-electron chi connectivity index (χ0n) is 31.0. The first kappa shape index (κ1) is 35.7. The number of fused-ring (bicyclic) bond motifs is 2. The normalized spacial score (nSPS) is 11.9. The summed E-state index contributed by atoms with van der Waals surface area (Å²) < 4.78 is 11.9. The van der Waals surface area contributed by atoms with E-state index in [1.165, 1.54) is 0 Å². The molecule has 0 radical (unpaired) electrons. The van der Waals surface area contributed by atoms with Crippen LogP contribution in [0.2, 0.25) is 0 Å². The molecule has 0 amide bonds. The van der Waals surface area contributed by atoms with Gasteiger partial charge in [-0.3, -0.25) is 0 Å². The summed E-state index contributed by atoms with van der Waals surface area (Å²) in [6.07, 6.45) is 8.43. The lowest BCUT2D eigenvalue weighted by Crippen LogP contribution is -1.95. The number of rotatable bonds is 12. The molecule has 0 heterocycles. The first-order valence-corrected chi connectivity index (χ1v) is 18.3. The molecule has 0 saturated heterocycles. The van der Waals surface area contributed by atoms with E-state index in [1.807, 2.05) is 76.2 Å². The van der Waals surface area contributed by atoms with E-state index in [1.54, 1.807) is 0 Å². The highest BCUT2D eigenvalue weighted by Crippen LogP contribution is 2.41. The number of aryl methyl sites for hydroxylation is 2. The van der Waals surface area contributed by atoms with Crippen LogP contribution in [0.15, 0.2) is 154 Å². The number of hydrogen-bond donors (Lipinski definition) is 0. The molecule has 0 aliphatic rings. The van der Waals surface area contributed by atoms with E-state index in [-0.39, 0.29) is 0 Å². The van der Waals surface area contributed by atoms with Crippen molar-refractivity contribution < 1.29 is 9.47 Å². The molecule has 7 aromatic carbocycles. The second-order valence-electron chi connectivity index (χ2n) is 13.0. The van der Waals surface area contributed by atoms with E-state index in [0.717, 1.165) is 89.2 Å². The van der Waals surface area contributed by atoms with Crippen molar-refractivity contribution in [2.75, 3.05) is 13.2 Å². The molecule has 0 unspecified atom stereocenters. The van der Waals surface area contributed by atoms with Crippen molar-refractivity contribution in [2.24, 2.45) is 20.5 Å². The van der Waals surface area contributed by atoms with Gasteiger partial charge in [-0.05, 0) is 108 Å². The highest BCUT2D eigenvalue weighted by atomic mass is 16.5. The lowest BCUT2D eigenvalue weighted by atomic mass is 10.0. The van der Waals surface area contributed by atoms with Gasteiger partial charge in [0.25, 0.3) is 0 Å². The lowest BCUT2D eigenvalue weighted by molar-refractivity contribution is 0.339. The van der Waals surface area contributed by atoms with Crippen LogP contribution >= 0.6 is 0 Å². The quantitative estimate of drug-likeness (QED) is 0.0937. The summed E-state index contributed by atoms with van der Waals surface area (Å²) in [6.45, 7) is 9.19. The second kappa shape index (κ2) is 16.8. The van der Waals surface area contributed by atoms with Crippen LogP contribution in [0.5, 0.6) is 11.5 Å². The summed E-state index contributed by atoms with van der Waals surface area (Å²) >= 11 is 0. The SMILES string of the molecule is CCOc1c(C)cc2ccccc2c1/N=N\c1ccc(C=Cc2ccc(/C=C\c3ccc(/N=N\c4c(OCC)c(C)cc5ccccc45)cc3)cc2)cc1. The minimum absolute atomic E-state index is 0.566. The van der Waals surface area contributed by atoms with Crippen LogP contribution in [-0.2, 0) is 0 Å². The van der Waals surface area contributed by atoms with Crippen molar-refractivity contribution in [1.82, 2.24) is 0 Å². The van der Waals surface area contributed by atoms with Crippen LogP contribution < -0.4 is 9.47 Å². The van der Waals surface area contributed by atoms with Crippen molar-refractivity contribution in [3.63, 3.8) is 0 Å². The topological polar surface area (TPSA) is 67.9 Å². The molecule has 0 atom stereocenters. The highest BCUT2D eigenvalue weighted by Gasteiger charge is 2.13. The van der Waals surface area contributed by atoms with Crippen molar-refractivity contribution in [3.8, 4) is 11.5 Å². The number of ether oxygens (including phenoxy) is 2. The maximum atomic E-state index is 5.97. The Morgan fingerprint density at radius 2 is 0.759 bits per heavy atom. The standard InChI is InChI=1S/C48H42N4O2/c1-5-53-47-33(3)31-39-11-7-9-13-43(39)45(47)51-49-41-27-23-37(24-28-41)21-19-35-15-17-36(18-16-35)20-22-38-25-29-42(30-26-38)50-52-46-44-14-10-8-12-40(44)32-34(4)48(46)54-6-2/h7-32H,5-6H2,1-4H3/b21-19-,22-20?,51-49-,52-50-. The molecule has 0 aliphatic heterocycles. The first-order chi connectivity index (χ1) is 26.5. The predicted octanol–water partition coefficient (Wildman–Crippen LogP) is 14.6. The molecular weight excluding hydrogens is 665 g/mol. The number of nitrogens with zero attached hydrogens (tertiary/aromatic N) is 4. The molecular formula is C48H42N4O2. The summed E-state index contributed by atoms with van der Waals surface area (Å²) in [5.74, 6) is 1.55. The van der Waals surface area contributed by atoms with Crippen molar-refractivity contribution in [1.29, 1.82) is 0 Å². The number of azo groups is 2. The Bertz CT molecular complexity index is 2340. The Kier molecular flexibility index (Phi) is 11.1. The Labute approximate surface area is 316 Å². The molecule has 0 aliphatic carbocycles. The van der Waals surface area contributed by atoms with Gasteiger partial charge in [-0.1, -0.05) is 121 Å². The molecule has 0 aromatic heterocycles. The third-order valence-corrected chi connectivity index (χ3v) is 9.09. The average Bonchev–Trinajstić information content (AvgIpc) is 3.20. The van der Waals surface area contributed by atoms with Gasteiger partial charge >= 0.3 is 0 Å². The molecule has 0 spiro atoms. The van der Waals surface area contributed by atoms with Crippen LogP contribution in [0, 0.1) is 13.8 Å². The fourth-order valence-electron chi connectivity index (χ4n) is 6.37. The molecule has 6 heteroatoms. The minimum atomic E-state index is 0.566. The van der Waals surface area contributed by atoms with E-state index < -0.39 is 0 Å². The highest BCUT2D eigenvalue weighted by molar-refractivity contribution is 5.97. The van der Waals surface area contributed by atoms with Gasteiger partial charge in [-0.25, -0.2) is 0 Å². The Hall–Kier alpha value is -6.66. The molecule has 7 rings (SSSR count). The molecule has 0 bridgehead atoms. The zero-order chi connectivity index (χ0) is 37.3. The molecule has 54 heavy (non-hydrogen) atoms. The summed E-state index contributed by atoms with van der Waals surface area (Å²) in [6, 6.07) is 45.3. The third-order valence-electron chi connectivity index (χ3n) is 9.09. The smallest absolute Gasteiger partial charge is 0.150 e. The van der Waals surface area contributed by atoms with Gasteiger partial charge in [0.05, 0.1) is 24.6 Å². The predicted molar refractivity (Wildman–Crippen MR) is 225 cm³/mol. The van der Waals surface area contributed by atoms with Gasteiger partial charge in [0.2, 0.25) is 0 Å². The summed E-state index contributed by atoms with van der Waals surface area (Å²) in [5.41, 5.74) is 9.57. The van der Waals surface area contributed by atoms with Crippen molar-refractivity contribution in [2.45, 2.75) is 27.7 Å². The van der Waals surface area contributed by atoms with Crippen LogP contribution in [0.25, 0.3) is 45.8 Å². The summed E-state index contributed by atoms with van der Waals surface area (Å²) in [4.78, 5) is 0. The molecule has 0 saturated carbocycles. The maximum absolute atomic E-state index is 5.97. The Balaban J connectivity index is 0.976. The summed E-state index contributed by atoms with van der Waals surface area (Å²) in [5, 5.41) is 22.7. The Morgan fingerprint density at radius 1 is 0.426 bits per heavy atom. The monoisotopic (exact) mass is 706 g/mol. The number of benzene rings is 7. The molecule has 266 valence electrons. The Morgan fingerprint density at radius 3 is 1.11 bits per heavy atom. The van der Waals surface area contributed by atoms with E-state index in [0.29, 0.717) is 13.2 Å². The van der Waals surface area contributed by atoms with Crippen molar-refractivity contribution >= 4 is 68.6 Å². The minimum Gasteiger partial charge on any atom is -0.491 e. The van der Waals surface area contributed by atoms with E-state index in [2.05, 4.69) is 130 Å². The fraction of sp³-hybridized carbons (Fsp3) is 0.125. The van der Waals surface area contributed by atoms with E-state index in [4.69, 9.17) is 9.47 Å². The van der Waals surface area contributed by atoms with Gasteiger partial charge in [-0.2, -0.15) is 10.2 Å².